The molecule has 132 valence electrons. The highest BCUT2D eigenvalue weighted by Gasteiger charge is 2.19. The minimum atomic E-state index is -1.32. The molecule has 22 heavy (non-hydrogen) atoms. The Balaban J connectivity index is 3.38. The van der Waals surface area contributed by atoms with Gasteiger partial charge in [0.25, 0.3) is 0 Å². The van der Waals surface area contributed by atoms with Gasteiger partial charge in [0, 0.05) is 6.42 Å². The van der Waals surface area contributed by atoms with Gasteiger partial charge in [-0.25, -0.2) is 8.78 Å². The topological polar surface area (TPSA) is 37.3 Å². The Hall–Kier alpha value is -0.670. The monoisotopic (exact) mass is 320 g/mol. The van der Waals surface area contributed by atoms with E-state index in [1.165, 1.54) is 19.3 Å². The van der Waals surface area contributed by atoms with Crippen LogP contribution in [0.25, 0.3) is 0 Å². The van der Waals surface area contributed by atoms with Gasteiger partial charge < -0.3 is 5.11 Å². The smallest absolute Gasteiger partial charge is 0.303 e. The van der Waals surface area contributed by atoms with Crippen LogP contribution in [0.3, 0.4) is 0 Å². The highest BCUT2D eigenvalue weighted by atomic mass is 19.2. The van der Waals surface area contributed by atoms with Gasteiger partial charge >= 0.3 is 5.97 Å². The maximum Gasteiger partial charge on any atom is 0.303 e. The number of carboxylic acids is 1. The number of halogens is 2. The standard InChI is InChI=1S/C18H34F2O2/c1-2-3-4-5-7-10-13-16(19)17(20)14-11-8-6-9-12-15-18(21)22/h16-17H,2-15H2,1H3,(H,21,22)/t16-,17-/m1/s1. The molecule has 0 amide bonds. The van der Waals surface area contributed by atoms with Gasteiger partial charge in [-0.2, -0.15) is 0 Å². The second-order valence-corrected chi connectivity index (χ2v) is 6.29. The SMILES string of the molecule is CCCCCCCC[C@@H](F)[C@H](F)CCCCCCCC(=O)O. The van der Waals surface area contributed by atoms with Crippen LogP contribution < -0.4 is 0 Å². The molecule has 0 fully saturated rings. The molecular formula is C18H34F2O2. The van der Waals surface area contributed by atoms with Crippen molar-refractivity contribution in [1.29, 1.82) is 0 Å². The molecule has 0 saturated carbocycles. The first-order valence-corrected chi connectivity index (χ1v) is 9.07. The molecule has 0 radical (unpaired) electrons. The Morgan fingerprint density at radius 3 is 1.64 bits per heavy atom. The highest BCUT2D eigenvalue weighted by molar-refractivity contribution is 5.66. The van der Waals surface area contributed by atoms with E-state index in [1.807, 2.05) is 0 Å². The van der Waals surface area contributed by atoms with Gasteiger partial charge in [0.05, 0.1) is 0 Å². The lowest BCUT2D eigenvalue weighted by Gasteiger charge is -2.13. The summed E-state index contributed by atoms with van der Waals surface area (Å²) in [5, 5.41) is 8.49. The van der Waals surface area contributed by atoms with Crippen LogP contribution in [0.15, 0.2) is 0 Å². The molecule has 2 nitrogen and oxygen atoms in total. The average molecular weight is 320 g/mol. The van der Waals surface area contributed by atoms with E-state index >= 15 is 0 Å². The van der Waals surface area contributed by atoms with Gasteiger partial charge in [-0.1, -0.05) is 71.1 Å². The summed E-state index contributed by atoms with van der Waals surface area (Å²) >= 11 is 0. The fourth-order valence-electron chi connectivity index (χ4n) is 2.63. The normalized spacial score (nSPS) is 14.0. The molecule has 2 atom stereocenters. The van der Waals surface area contributed by atoms with Crippen molar-refractivity contribution >= 4 is 5.97 Å². The van der Waals surface area contributed by atoms with Crippen LogP contribution in [0.1, 0.15) is 96.8 Å². The van der Waals surface area contributed by atoms with E-state index in [2.05, 4.69) is 6.92 Å². The number of hydrogen-bond acceptors (Lipinski definition) is 1. The van der Waals surface area contributed by atoms with Crippen LogP contribution in [0.5, 0.6) is 0 Å². The Labute approximate surface area is 134 Å². The molecule has 0 bridgehead atoms. The molecule has 0 aromatic carbocycles. The summed E-state index contributed by atoms with van der Waals surface area (Å²) in [6, 6.07) is 0. The van der Waals surface area contributed by atoms with Gasteiger partial charge in [-0.15, -0.1) is 0 Å². The molecule has 0 aromatic heterocycles. The van der Waals surface area contributed by atoms with E-state index in [0.29, 0.717) is 25.7 Å². The van der Waals surface area contributed by atoms with Crippen molar-refractivity contribution in [2.24, 2.45) is 0 Å². The van der Waals surface area contributed by atoms with E-state index in [4.69, 9.17) is 5.11 Å². The fraction of sp³-hybridized carbons (Fsp3) is 0.944. The minimum Gasteiger partial charge on any atom is -0.481 e. The van der Waals surface area contributed by atoms with Gasteiger partial charge in [-0.05, 0) is 19.3 Å². The molecule has 0 heterocycles. The first kappa shape index (κ1) is 21.3. The largest absolute Gasteiger partial charge is 0.481 e. The lowest BCUT2D eigenvalue weighted by Crippen LogP contribution is -2.17. The maximum atomic E-state index is 13.7. The van der Waals surface area contributed by atoms with E-state index in [9.17, 15) is 13.6 Å². The number of carboxylic acid groups (broad SMARTS) is 1. The summed E-state index contributed by atoms with van der Waals surface area (Å²) in [4.78, 5) is 10.3. The average Bonchev–Trinajstić information content (AvgIpc) is 2.49. The molecule has 0 rings (SSSR count). The zero-order valence-electron chi connectivity index (χ0n) is 14.2. The number of hydrogen-bond donors (Lipinski definition) is 1. The van der Waals surface area contributed by atoms with Crippen LogP contribution in [-0.4, -0.2) is 23.4 Å². The fourth-order valence-corrected chi connectivity index (χ4v) is 2.63. The molecule has 4 heteroatoms. The minimum absolute atomic E-state index is 0.205. The summed E-state index contributed by atoms with van der Waals surface area (Å²) in [5.41, 5.74) is 0. The highest BCUT2D eigenvalue weighted by Crippen LogP contribution is 2.19. The molecule has 0 aliphatic heterocycles. The number of unbranched alkanes of at least 4 members (excludes halogenated alkanes) is 9. The van der Waals surface area contributed by atoms with Crippen molar-refractivity contribution in [3.63, 3.8) is 0 Å². The quantitative estimate of drug-likeness (QED) is 0.342. The van der Waals surface area contributed by atoms with E-state index in [1.54, 1.807) is 0 Å². The van der Waals surface area contributed by atoms with Crippen molar-refractivity contribution in [2.75, 3.05) is 0 Å². The molecule has 0 unspecified atom stereocenters. The van der Waals surface area contributed by atoms with Gasteiger partial charge in [0.2, 0.25) is 0 Å². The first-order valence-electron chi connectivity index (χ1n) is 9.07. The number of aliphatic carboxylic acids is 1. The third-order valence-electron chi connectivity index (χ3n) is 4.10. The summed E-state index contributed by atoms with van der Waals surface area (Å²) in [7, 11) is 0. The third kappa shape index (κ3) is 14.3. The Bertz CT molecular complexity index is 259. The van der Waals surface area contributed by atoms with Crippen molar-refractivity contribution in [3.05, 3.63) is 0 Å². The van der Waals surface area contributed by atoms with Gasteiger partial charge in [-0.3, -0.25) is 4.79 Å². The maximum absolute atomic E-state index is 13.7. The molecule has 0 saturated heterocycles. The second-order valence-electron chi connectivity index (χ2n) is 6.29. The van der Waals surface area contributed by atoms with Crippen LogP contribution in [0, 0.1) is 0 Å². The summed E-state index contributed by atoms with van der Waals surface area (Å²) in [5.74, 6) is -0.765. The number of rotatable bonds is 16. The molecule has 0 aromatic rings. The third-order valence-corrected chi connectivity index (χ3v) is 4.10. The van der Waals surface area contributed by atoms with E-state index in [0.717, 1.165) is 38.5 Å². The Morgan fingerprint density at radius 2 is 1.18 bits per heavy atom. The lowest BCUT2D eigenvalue weighted by molar-refractivity contribution is -0.137. The zero-order valence-corrected chi connectivity index (χ0v) is 14.2. The first-order chi connectivity index (χ1) is 10.6. The molecule has 0 aliphatic rings. The second kappa shape index (κ2) is 15.2. The van der Waals surface area contributed by atoms with E-state index in [-0.39, 0.29) is 6.42 Å². The Kier molecular flexibility index (Phi) is 14.8. The van der Waals surface area contributed by atoms with Gasteiger partial charge in [0.15, 0.2) is 0 Å². The number of alkyl halides is 2. The van der Waals surface area contributed by atoms with Crippen LogP contribution >= 0.6 is 0 Å². The summed E-state index contributed by atoms with van der Waals surface area (Å²) < 4.78 is 27.3. The molecule has 0 spiro atoms. The predicted molar refractivity (Wildman–Crippen MR) is 87.7 cm³/mol. The van der Waals surface area contributed by atoms with Crippen LogP contribution in [-0.2, 0) is 4.79 Å². The number of carbonyl (C=O) groups is 1. The van der Waals surface area contributed by atoms with Crippen LogP contribution in [0.4, 0.5) is 8.78 Å². The van der Waals surface area contributed by atoms with Crippen molar-refractivity contribution in [1.82, 2.24) is 0 Å². The zero-order chi connectivity index (χ0) is 16.6. The van der Waals surface area contributed by atoms with Crippen molar-refractivity contribution in [2.45, 2.75) is 109 Å². The van der Waals surface area contributed by atoms with Crippen LogP contribution in [0.2, 0.25) is 0 Å². The van der Waals surface area contributed by atoms with Gasteiger partial charge in [0.1, 0.15) is 12.3 Å². The molecular weight excluding hydrogens is 286 g/mol. The lowest BCUT2D eigenvalue weighted by atomic mass is 10.0. The summed E-state index contributed by atoms with van der Waals surface area (Å²) in [6.07, 6.45) is 8.82. The Morgan fingerprint density at radius 1 is 0.773 bits per heavy atom. The predicted octanol–water partition coefficient (Wildman–Crippen LogP) is 6.23. The summed E-state index contributed by atoms with van der Waals surface area (Å²) in [6.45, 7) is 2.16. The molecule has 0 aliphatic carbocycles. The van der Waals surface area contributed by atoms with Crippen molar-refractivity contribution in [3.8, 4) is 0 Å². The van der Waals surface area contributed by atoms with E-state index < -0.39 is 18.3 Å². The van der Waals surface area contributed by atoms with Crippen molar-refractivity contribution < 1.29 is 18.7 Å². The molecule has 1 N–H and O–H groups in total.